The van der Waals surface area contributed by atoms with E-state index in [0.717, 1.165) is 5.56 Å². The molecule has 0 saturated carbocycles. The van der Waals surface area contributed by atoms with Gasteiger partial charge in [-0.15, -0.1) is 11.3 Å². The highest BCUT2D eigenvalue weighted by atomic mass is 32.1. The predicted octanol–water partition coefficient (Wildman–Crippen LogP) is 2.86. The number of rotatable bonds is 6. The smallest absolute Gasteiger partial charge is 0.311 e. The van der Waals surface area contributed by atoms with E-state index >= 15 is 0 Å². The number of aromatic nitrogens is 3. The van der Waals surface area contributed by atoms with Crippen molar-refractivity contribution in [1.82, 2.24) is 15.1 Å². The van der Waals surface area contributed by atoms with Crippen LogP contribution in [0.4, 0.5) is 5.13 Å². The Labute approximate surface area is 153 Å². The summed E-state index contributed by atoms with van der Waals surface area (Å²) in [7, 11) is 0. The second kappa shape index (κ2) is 7.87. The van der Waals surface area contributed by atoms with Crippen molar-refractivity contribution >= 4 is 28.3 Å². The van der Waals surface area contributed by atoms with Gasteiger partial charge in [-0.25, -0.2) is 4.98 Å². The molecule has 1 N–H and O–H groups in total. The van der Waals surface area contributed by atoms with Crippen molar-refractivity contribution in [3.8, 4) is 11.5 Å². The van der Waals surface area contributed by atoms with E-state index in [0.29, 0.717) is 34.7 Å². The Morgan fingerprint density at radius 2 is 2.00 bits per heavy atom. The normalized spacial score (nSPS) is 10.5. The zero-order valence-electron chi connectivity index (χ0n) is 14.2. The molecule has 0 fully saturated rings. The van der Waals surface area contributed by atoms with Crippen molar-refractivity contribution in [2.24, 2.45) is 0 Å². The summed E-state index contributed by atoms with van der Waals surface area (Å²) in [6.45, 7) is 3.81. The Bertz CT molecular complexity index is 917. The Morgan fingerprint density at radius 3 is 2.65 bits per heavy atom. The minimum absolute atomic E-state index is 0.0819. The monoisotopic (exact) mass is 372 g/mol. The number of benzene rings is 1. The average molecular weight is 372 g/mol. The molecule has 0 saturated heterocycles. The van der Waals surface area contributed by atoms with Gasteiger partial charge in [-0.3, -0.25) is 14.9 Å². The molecule has 8 nitrogen and oxygen atoms in total. The lowest BCUT2D eigenvalue weighted by atomic mass is 10.1. The summed E-state index contributed by atoms with van der Waals surface area (Å²) in [6.07, 6.45) is 0.0819. The number of nitrogens with zero attached hydrogens (tertiary/aromatic N) is 3. The highest BCUT2D eigenvalue weighted by Crippen LogP contribution is 2.20. The Hall–Kier alpha value is -3.07. The molecule has 2 aromatic heterocycles. The van der Waals surface area contributed by atoms with Gasteiger partial charge in [-0.05, 0) is 38.1 Å². The molecule has 0 aliphatic rings. The lowest BCUT2D eigenvalue weighted by Crippen LogP contribution is -2.12. The van der Waals surface area contributed by atoms with Crippen LogP contribution in [-0.4, -0.2) is 33.6 Å². The number of carbonyl (C=O) groups is 2. The zero-order valence-corrected chi connectivity index (χ0v) is 15.0. The number of aryl methyl sites for hydroxylation is 1. The number of ether oxygens (including phenoxy) is 1. The first kappa shape index (κ1) is 17.7. The summed E-state index contributed by atoms with van der Waals surface area (Å²) in [4.78, 5) is 32.1. The Kier molecular flexibility index (Phi) is 5.37. The highest BCUT2D eigenvalue weighted by Gasteiger charge is 2.13. The van der Waals surface area contributed by atoms with Crippen LogP contribution in [0.1, 0.15) is 28.8 Å². The van der Waals surface area contributed by atoms with Crippen molar-refractivity contribution in [3.05, 3.63) is 46.7 Å². The van der Waals surface area contributed by atoms with E-state index in [4.69, 9.17) is 9.26 Å². The van der Waals surface area contributed by atoms with Crippen LogP contribution >= 0.6 is 11.3 Å². The maximum atomic E-state index is 12.3. The molecular formula is C17H16N4O4S. The molecule has 0 aliphatic carbocycles. The summed E-state index contributed by atoms with van der Waals surface area (Å²) in [5.41, 5.74) is 1.76. The minimum Gasteiger partial charge on any atom is -0.466 e. The first-order valence-electron chi connectivity index (χ1n) is 7.87. The molecule has 0 aliphatic heterocycles. The molecule has 134 valence electrons. The van der Waals surface area contributed by atoms with Gasteiger partial charge in [-0.1, -0.05) is 5.16 Å². The molecule has 1 amide bonds. The summed E-state index contributed by atoms with van der Waals surface area (Å²) in [5, 5.41) is 8.59. The van der Waals surface area contributed by atoms with Gasteiger partial charge in [0.1, 0.15) is 0 Å². The zero-order chi connectivity index (χ0) is 18.5. The van der Waals surface area contributed by atoms with Crippen LogP contribution in [0.3, 0.4) is 0 Å². The molecule has 9 heteroatoms. The topological polar surface area (TPSA) is 107 Å². The SMILES string of the molecule is CCOC(=O)Cc1csc(NC(=O)c2ccc(-c3nc(C)no3)cc2)n1. The molecule has 1 aromatic carbocycles. The van der Waals surface area contributed by atoms with Crippen LogP contribution in [0.25, 0.3) is 11.5 Å². The summed E-state index contributed by atoms with van der Waals surface area (Å²) in [5.74, 6) is 0.306. The fourth-order valence-corrected chi connectivity index (χ4v) is 2.86. The summed E-state index contributed by atoms with van der Waals surface area (Å²) < 4.78 is 9.97. The standard InChI is InChI=1S/C17H16N4O4S/c1-3-24-14(22)8-13-9-26-17(19-13)20-15(23)11-4-6-12(7-5-11)16-18-10(2)21-25-16/h4-7,9H,3,8H2,1-2H3,(H,19,20,23). The molecule has 0 radical (unpaired) electrons. The van der Waals surface area contributed by atoms with E-state index in [2.05, 4.69) is 20.4 Å². The molecule has 0 bridgehead atoms. The number of esters is 1. The molecule has 3 rings (SSSR count). The van der Waals surface area contributed by atoms with Gasteiger partial charge in [0.05, 0.1) is 18.7 Å². The molecule has 0 unspecified atom stereocenters. The predicted molar refractivity (Wildman–Crippen MR) is 94.9 cm³/mol. The van der Waals surface area contributed by atoms with Crippen molar-refractivity contribution in [2.75, 3.05) is 11.9 Å². The van der Waals surface area contributed by atoms with Crippen molar-refractivity contribution in [3.63, 3.8) is 0 Å². The molecule has 2 heterocycles. The Morgan fingerprint density at radius 1 is 1.23 bits per heavy atom. The van der Waals surface area contributed by atoms with Gasteiger partial charge < -0.3 is 9.26 Å². The highest BCUT2D eigenvalue weighted by molar-refractivity contribution is 7.14. The first-order chi connectivity index (χ1) is 12.5. The first-order valence-corrected chi connectivity index (χ1v) is 8.75. The van der Waals surface area contributed by atoms with E-state index in [1.54, 1.807) is 43.5 Å². The number of hydrogen-bond acceptors (Lipinski definition) is 8. The Balaban J connectivity index is 1.63. The van der Waals surface area contributed by atoms with E-state index in [-0.39, 0.29) is 18.3 Å². The molecule has 0 atom stereocenters. The van der Waals surface area contributed by atoms with E-state index in [1.165, 1.54) is 11.3 Å². The third-order valence-electron chi connectivity index (χ3n) is 3.32. The van der Waals surface area contributed by atoms with Crippen LogP contribution in [0, 0.1) is 6.92 Å². The summed E-state index contributed by atoms with van der Waals surface area (Å²) in [6, 6.07) is 6.79. The van der Waals surface area contributed by atoms with Crippen molar-refractivity contribution in [1.29, 1.82) is 0 Å². The second-order valence-electron chi connectivity index (χ2n) is 5.30. The molecule has 3 aromatic rings. The average Bonchev–Trinajstić information content (AvgIpc) is 3.24. The second-order valence-corrected chi connectivity index (χ2v) is 6.16. The third kappa shape index (κ3) is 4.31. The minimum atomic E-state index is -0.345. The number of nitrogens with one attached hydrogen (secondary N) is 1. The van der Waals surface area contributed by atoms with Crippen molar-refractivity contribution in [2.45, 2.75) is 20.3 Å². The quantitative estimate of drug-likeness (QED) is 0.663. The van der Waals surface area contributed by atoms with E-state index in [1.807, 2.05) is 0 Å². The third-order valence-corrected chi connectivity index (χ3v) is 4.13. The lowest BCUT2D eigenvalue weighted by molar-refractivity contribution is -0.142. The van der Waals surface area contributed by atoms with Gasteiger partial charge in [0, 0.05) is 16.5 Å². The maximum absolute atomic E-state index is 12.3. The number of thiazole rings is 1. The fourth-order valence-electron chi connectivity index (χ4n) is 2.15. The van der Waals surface area contributed by atoms with Gasteiger partial charge in [-0.2, -0.15) is 4.98 Å². The fraction of sp³-hybridized carbons (Fsp3) is 0.235. The van der Waals surface area contributed by atoms with Crippen molar-refractivity contribution < 1.29 is 18.8 Å². The van der Waals surface area contributed by atoms with Crippen LogP contribution in [0.2, 0.25) is 0 Å². The summed E-state index contributed by atoms with van der Waals surface area (Å²) >= 11 is 1.25. The largest absolute Gasteiger partial charge is 0.466 e. The lowest BCUT2D eigenvalue weighted by Gasteiger charge is -2.02. The van der Waals surface area contributed by atoms with Crippen LogP contribution in [-0.2, 0) is 16.0 Å². The molecular weight excluding hydrogens is 356 g/mol. The number of hydrogen-bond donors (Lipinski definition) is 1. The molecule has 26 heavy (non-hydrogen) atoms. The number of carbonyl (C=O) groups excluding carboxylic acids is 2. The van der Waals surface area contributed by atoms with E-state index < -0.39 is 0 Å². The van der Waals surface area contributed by atoms with Crippen LogP contribution in [0.5, 0.6) is 0 Å². The van der Waals surface area contributed by atoms with Gasteiger partial charge in [0.2, 0.25) is 0 Å². The van der Waals surface area contributed by atoms with E-state index in [9.17, 15) is 9.59 Å². The maximum Gasteiger partial charge on any atom is 0.311 e. The molecule has 0 spiro atoms. The van der Waals surface area contributed by atoms with Gasteiger partial charge in [0.15, 0.2) is 11.0 Å². The number of amides is 1. The number of anilines is 1. The van der Waals surface area contributed by atoms with Gasteiger partial charge >= 0.3 is 5.97 Å². The van der Waals surface area contributed by atoms with Crippen LogP contribution in [0.15, 0.2) is 34.2 Å². The van der Waals surface area contributed by atoms with Gasteiger partial charge in [0.25, 0.3) is 11.8 Å². The van der Waals surface area contributed by atoms with Crippen LogP contribution < -0.4 is 5.32 Å².